The second-order valence-corrected chi connectivity index (χ2v) is 6.36. The minimum Gasteiger partial charge on any atom is -0.497 e. The molecule has 7 nitrogen and oxygen atoms in total. The Morgan fingerprint density at radius 1 is 1.25 bits per heavy atom. The van der Waals surface area contributed by atoms with Crippen LogP contribution in [-0.2, 0) is 6.54 Å². The first kappa shape index (κ1) is 24.1. The molecule has 0 saturated carbocycles. The van der Waals surface area contributed by atoms with Gasteiger partial charge >= 0.3 is 0 Å². The van der Waals surface area contributed by atoms with Crippen molar-refractivity contribution in [1.82, 2.24) is 20.2 Å². The number of aliphatic imine (C=N–C) groups is 1. The highest BCUT2D eigenvalue weighted by molar-refractivity contribution is 14.0. The van der Waals surface area contributed by atoms with Gasteiger partial charge < -0.3 is 24.7 Å². The maximum Gasteiger partial charge on any atom is 0.191 e. The summed E-state index contributed by atoms with van der Waals surface area (Å²) in [5.74, 6) is 3.43. The zero-order chi connectivity index (χ0) is 19.5. The zero-order valence-electron chi connectivity index (χ0n) is 17.1. The highest BCUT2D eigenvalue weighted by Gasteiger charge is 2.06. The molecular weight excluding hydrogens is 469 g/mol. The summed E-state index contributed by atoms with van der Waals surface area (Å²) in [7, 11) is 3.42. The number of aryl methyl sites for hydroxylation is 2. The molecule has 1 unspecified atom stereocenters. The molecule has 2 rings (SSSR count). The van der Waals surface area contributed by atoms with Crippen LogP contribution in [0.3, 0.4) is 0 Å². The third-order valence-electron chi connectivity index (χ3n) is 4.20. The molecule has 0 fully saturated rings. The number of benzene rings is 1. The van der Waals surface area contributed by atoms with Gasteiger partial charge in [-0.15, -0.1) is 24.0 Å². The summed E-state index contributed by atoms with van der Waals surface area (Å²) in [6.07, 6.45) is 6.02. The first-order chi connectivity index (χ1) is 13.1. The average molecular weight is 501 g/mol. The van der Waals surface area contributed by atoms with Crippen LogP contribution in [0.1, 0.15) is 25.6 Å². The van der Waals surface area contributed by atoms with Crippen LogP contribution in [0.25, 0.3) is 0 Å². The van der Waals surface area contributed by atoms with Crippen LogP contribution in [-0.4, -0.2) is 48.9 Å². The van der Waals surface area contributed by atoms with Crippen LogP contribution in [0.4, 0.5) is 0 Å². The van der Waals surface area contributed by atoms with E-state index in [4.69, 9.17) is 9.47 Å². The summed E-state index contributed by atoms with van der Waals surface area (Å²) in [5, 5.41) is 6.64. The van der Waals surface area contributed by atoms with E-state index in [0.29, 0.717) is 6.54 Å². The minimum absolute atomic E-state index is 0. The fourth-order valence-corrected chi connectivity index (χ4v) is 2.66. The number of nitrogens with zero attached hydrogens (tertiary/aromatic N) is 3. The van der Waals surface area contributed by atoms with Gasteiger partial charge in [0.05, 0.1) is 13.7 Å². The third-order valence-corrected chi connectivity index (χ3v) is 4.20. The molecule has 0 amide bonds. The number of hydrogen-bond acceptors (Lipinski definition) is 4. The predicted octanol–water partition coefficient (Wildman–Crippen LogP) is 3.23. The Morgan fingerprint density at radius 2 is 2.04 bits per heavy atom. The number of guanidine groups is 1. The van der Waals surface area contributed by atoms with Crippen LogP contribution in [0, 0.1) is 6.92 Å². The number of imidazole rings is 1. The predicted molar refractivity (Wildman–Crippen MR) is 124 cm³/mol. The van der Waals surface area contributed by atoms with Gasteiger partial charge in [0.15, 0.2) is 5.96 Å². The van der Waals surface area contributed by atoms with Crippen LogP contribution >= 0.6 is 24.0 Å². The Hall–Kier alpha value is -1.97. The van der Waals surface area contributed by atoms with Crippen molar-refractivity contribution in [3.05, 3.63) is 42.5 Å². The molecule has 0 spiro atoms. The fourth-order valence-electron chi connectivity index (χ4n) is 2.66. The van der Waals surface area contributed by atoms with E-state index in [2.05, 4.69) is 25.2 Å². The molecule has 2 N–H and O–H groups in total. The lowest BCUT2D eigenvalue weighted by molar-refractivity contribution is 0.223. The van der Waals surface area contributed by atoms with Gasteiger partial charge in [0.25, 0.3) is 0 Å². The third kappa shape index (κ3) is 8.37. The Labute approximate surface area is 185 Å². The molecule has 1 aromatic heterocycles. The molecule has 0 saturated heterocycles. The molecule has 0 aliphatic heterocycles. The van der Waals surface area contributed by atoms with Crippen LogP contribution < -0.4 is 20.1 Å². The first-order valence-corrected chi connectivity index (χ1v) is 9.35. The lowest BCUT2D eigenvalue weighted by Gasteiger charge is -2.18. The number of unbranched alkanes of at least 4 members (excludes halogenated alkanes) is 1. The van der Waals surface area contributed by atoms with Crippen LogP contribution in [0.5, 0.6) is 11.5 Å². The summed E-state index contributed by atoms with van der Waals surface area (Å²) < 4.78 is 13.3. The van der Waals surface area contributed by atoms with E-state index in [1.54, 1.807) is 14.2 Å². The molecule has 0 aliphatic rings. The fraction of sp³-hybridized carbons (Fsp3) is 0.500. The minimum atomic E-state index is -0.000118. The monoisotopic (exact) mass is 501 g/mol. The molecule has 28 heavy (non-hydrogen) atoms. The molecule has 1 atom stereocenters. The second-order valence-electron chi connectivity index (χ2n) is 6.36. The Balaban J connectivity index is 0.00000392. The number of nitrogens with one attached hydrogen (secondary N) is 2. The summed E-state index contributed by atoms with van der Waals surface area (Å²) in [6.45, 7) is 6.57. The van der Waals surface area contributed by atoms with E-state index >= 15 is 0 Å². The number of halogens is 1. The number of ether oxygens (including phenoxy) is 2. The second kappa shape index (κ2) is 13.2. The smallest absolute Gasteiger partial charge is 0.191 e. The Kier molecular flexibility index (Phi) is 11.4. The number of methoxy groups -OCH3 is 1. The van der Waals surface area contributed by atoms with E-state index in [1.165, 1.54) is 0 Å². The molecule has 0 bridgehead atoms. The number of hydrogen-bond donors (Lipinski definition) is 2. The highest BCUT2D eigenvalue weighted by atomic mass is 127. The topological polar surface area (TPSA) is 72.7 Å². The lowest BCUT2D eigenvalue weighted by Crippen LogP contribution is -2.42. The summed E-state index contributed by atoms with van der Waals surface area (Å²) >= 11 is 0. The van der Waals surface area contributed by atoms with Gasteiger partial charge in [0.2, 0.25) is 0 Å². The van der Waals surface area contributed by atoms with Crippen molar-refractivity contribution in [3.63, 3.8) is 0 Å². The van der Waals surface area contributed by atoms with E-state index in [1.807, 2.05) is 50.5 Å². The van der Waals surface area contributed by atoms with Crippen molar-refractivity contribution in [2.75, 3.05) is 27.2 Å². The van der Waals surface area contributed by atoms with Gasteiger partial charge in [-0.2, -0.15) is 0 Å². The zero-order valence-corrected chi connectivity index (χ0v) is 19.5. The van der Waals surface area contributed by atoms with Crippen molar-refractivity contribution >= 4 is 29.9 Å². The molecule has 1 heterocycles. The Bertz CT molecular complexity index is 720. The normalized spacial score (nSPS) is 12.1. The van der Waals surface area contributed by atoms with Crippen molar-refractivity contribution < 1.29 is 9.47 Å². The Morgan fingerprint density at radius 3 is 2.71 bits per heavy atom. The molecule has 156 valence electrons. The molecule has 2 aromatic rings. The highest BCUT2D eigenvalue weighted by Crippen LogP contribution is 2.19. The summed E-state index contributed by atoms with van der Waals surface area (Å²) in [4.78, 5) is 8.50. The summed E-state index contributed by atoms with van der Waals surface area (Å²) in [5.41, 5.74) is 0. The van der Waals surface area contributed by atoms with E-state index in [9.17, 15) is 0 Å². The van der Waals surface area contributed by atoms with Crippen molar-refractivity contribution in [2.24, 2.45) is 4.99 Å². The van der Waals surface area contributed by atoms with Gasteiger partial charge in [0.1, 0.15) is 23.4 Å². The molecule has 1 aromatic carbocycles. The molecule has 8 heteroatoms. The quantitative estimate of drug-likeness (QED) is 0.227. The van der Waals surface area contributed by atoms with Crippen LogP contribution in [0.2, 0.25) is 0 Å². The molecule has 0 aliphatic carbocycles. The van der Waals surface area contributed by atoms with Gasteiger partial charge in [0, 0.05) is 38.6 Å². The lowest BCUT2D eigenvalue weighted by atomic mass is 10.3. The SMILES string of the molecule is CN=C(NCCCCn1ccnc1C)NCC(C)Oc1cccc(OC)c1.I. The standard InChI is InChI=1S/C20H31N5O2.HI/c1-16(27-19-9-7-8-18(14-19)26-4)15-24-20(21-3)23-10-5-6-12-25-13-11-22-17(25)2;/h7-9,11,13-14,16H,5-6,10,12,15H2,1-4H3,(H2,21,23,24);1H. The van der Waals surface area contributed by atoms with Crippen LogP contribution in [0.15, 0.2) is 41.7 Å². The number of aromatic nitrogens is 2. The largest absolute Gasteiger partial charge is 0.497 e. The van der Waals surface area contributed by atoms with E-state index < -0.39 is 0 Å². The van der Waals surface area contributed by atoms with E-state index in [0.717, 1.165) is 49.2 Å². The molecule has 0 radical (unpaired) electrons. The number of rotatable bonds is 10. The average Bonchev–Trinajstić information content (AvgIpc) is 3.09. The van der Waals surface area contributed by atoms with Crippen molar-refractivity contribution in [1.29, 1.82) is 0 Å². The maximum absolute atomic E-state index is 5.91. The molecular formula is C20H32IN5O2. The van der Waals surface area contributed by atoms with Gasteiger partial charge in [-0.25, -0.2) is 4.98 Å². The van der Waals surface area contributed by atoms with E-state index in [-0.39, 0.29) is 30.1 Å². The van der Waals surface area contributed by atoms with Gasteiger partial charge in [-0.3, -0.25) is 4.99 Å². The van der Waals surface area contributed by atoms with Crippen molar-refractivity contribution in [3.8, 4) is 11.5 Å². The van der Waals surface area contributed by atoms with Gasteiger partial charge in [-0.05, 0) is 38.8 Å². The maximum atomic E-state index is 5.91. The van der Waals surface area contributed by atoms with Crippen molar-refractivity contribution in [2.45, 2.75) is 39.3 Å². The van der Waals surface area contributed by atoms with Gasteiger partial charge in [-0.1, -0.05) is 6.07 Å². The summed E-state index contributed by atoms with van der Waals surface area (Å²) in [6, 6.07) is 7.62. The first-order valence-electron chi connectivity index (χ1n) is 9.35.